The first-order chi connectivity index (χ1) is 21.1. The van der Waals surface area contributed by atoms with Crippen molar-refractivity contribution < 1.29 is 33.1 Å². The summed E-state index contributed by atoms with van der Waals surface area (Å²) >= 11 is 4.69. The van der Waals surface area contributed by atoms with Gasteiger partial charge in [0.1, 0.15) is 17.3 Å². The Morgan fingerprint density at radius 2 is 1.86 bits per heavy atom. The van der Waals surface area contributed by atoms with E-state index in [9.17, 15) is 19.7 Å². The van der Waals surface area contributed by atoms with E-state index in [1.165, 1.54) is 44.1 Å². The summed E-state index contributed by atoms with van der Waals surface area (Å²) in [6, 6.07) is 10.1. The number of carbonyl (C=O) groups is 1. The molecule has 4 aromatic rings. The Morgan fingerprint density at radius 1 is 1.14 bits per heavy atom. The number of nitro groups is 1. The molecule has 5 rings (SSSR count). The Kier molecular flexibility index (Phi) is 8.74. The Hall–Kier alpha value is -4.69. The third-order valence-corrected chi connectivity index (χ3v) is 8.55. The van der Waals surface area contributed by atoms with Crippen LogP contribution < -0.4 is 29.1 Å². The predicted octanol–water partition coefficient (Wildman–Crippen LogP) is 4.75. The summed E-state index contributed by atoms with van der Waals surface area (Å²) in [4.78, 5) is 43.4. The summed E-state index contributed by atoms with van der Waals surface area (Å²) in [7, 11) is 4.42. The maximum Gasteiger partial charge on any atom is 0.338 e. The van der Waals surface area contributed by atoms with Crippen LogP contribution in [0.15, 0.2) is 72.4 Å². The Morgan fingerprint density at radius 3 is 2.52 bits per heavy atom. The summed E-state index contributed by atoms with van der Waals surface area (Å²) < 4.78 is 29.6. The number of nitro benzene ring substituents is 1. The van der Waals surface area contributed by atoms with Gasteiger partial charge < -0.3 is 23.4 Å². The second-order valence-corrected chi connectivity index (χ2v) is 11.2. The van der Waals surface area contributed by atoms with Crippen LogP contribution in [0.25, 0.3) is 17.4 Å². The van der Waals surface area contributed by atoms with Crippen molar-refractivity contribution in [2.75, 3.05) is 27.9 Å². The first-order valence-corrected chi connectivity index (χ1v) is 14.8. The zero-order valence-electron chi connectivity index (χ0n) is 24.2. The first kappa shape index (κ1) is 30.8. The van der Waals surface area contributed by atoms with Crippen molar-refractivity contribution in [1.82, 2.24) is 4.57 Å². The van der Waals surface area contributed by atoms with E-state index in [-0.39, 0.29) is 33.7 Å². The third kappa shape index (κ3) is 5.53. The third-order valence-electron chi connectivity index (χ3n) is 6.88. The van der Waals surface area contributed by atoms with Gasteiger partial charge in [-0.25, -0.2) is 9.79 Å². The topological polar surface area (TPSA) is 145 Å². The highest BCUT2D eigenvalue weighted by Crippen LogP contribution is 2.41. The Balaban J connectivity index is 1.67. The van der Waals surface area contributed by atoms with E-state index in [2.05, 4.69) is 20.9 Å². The summed E-state index contributed by atoms with van der Waals surface area (Å²) in [6.07, 6.45) is 1.53. The van der Waals surface area contributed by atoms with Crippen molar-refractivity contribution in [3.05, 3.63) is 99.3 Å². The molecular formula is C30H26BrN3O9S. The molecule has 0 saturated carbocycles. The molecule has 0 N–H and O–H groups in total. The number of benzene rings is 2. The van der Waals surface area contributed by atoms with Crippen molar-refractivity contribution in [3.63, 3.8) is 0 Å². The molecule has 0 saturated heterocycles. The number of esters is 1. The van der Waals surface area contributed by atoms with Gasteiger partial charge in [-0.1, -0.05) is 27.3 Å². The fourth-order valence-electron chi connectivity index (χ4n) is 4.87. The normalized spacial score (nSPS) is 14.6. The molecule has 1 atom stereocenters. The lowest BCUT2D eigenvalue weighted by molar-refractivity contribution is -0.384. The molecule has 12 nitrogen and oxygen atoms in total. The molecule has 1 aliphatic rings. The molecule has 0 spiro atoms. The van der Waals surface area contributed by atoms with Crippen LogP contribution in [0.3, 0.4) is 0 Å². The molecule has 2 aromatic heterocycles. The monoisotopic (exact) mass is 683 g/mol. The smallest absolute Gasteiger partial charge is 0.338 e. The average Bonchev–Trinajstić information content (AvgIpc) is 3.59. The van der Waals surface area contributed by atoms with Crippen molar-refractivity contribution in [2.45, 2.75) is 19.9 Å². The van der Waals surface area contributed by atoms with Crippen LogP contribution in [0.1, 0.15) is 31.2 Å². The second kappa shape index (κ2) is 12.5. The number of hydrogen-bond donors (Lipinski definition) is 0. The molecule has 0 unspecified atom stereocenters. The van der Waals surface area contributed by atoms with Crippen LogP contribution in [0, 0.1) is 10.1 Å². The predicted molar refractivity (Wildman–Crippen MR) is 165 cm³/mol. The lowest BCUT2D eigenvalue weighted by Crippen LogP contribution is -2.40. The fourth-order valence-corrected chi connectivity index (χ4v) is 6.43. The van der Waals surface area contributed by atoms with Crippen LogP contribution in [0.5, 0.6) is 17.2 Å². The minimum atomic E-state index is -0.907. The van der Waals surface area contributed by atoms with Gasteiger partial charge in [-0.2, -0.15) is 0 Å². The number of allylic oxidation sites excluding steroid dienone is 1. The summed E-state index contributed by atoms with van der Waals surface area (Å²) in [5.74, 6) is 1.13. The molecule has 0 amide bonds. The van der Waals surface area contributed by atoms with E-state index in [1.54, 1.807) is 44.2 Å². The number of hydrogen-bond acceptors (Lipinski definition) is 11. The summed E-state index contributed by atoms with van der Waals surface area (Å²) in [5, 5.41) is 11.7. The van der Waals surface area contributed by atoms with Gasteiger partial charge in [-0.05, 0) is 55.8 Å². The Bertz CT molecular complexity index is 2010. The van der Waals surface area contributed by atoms with Crippen molar-refractivity contribution in [1.29, 1.82) is 0 Å². The molecule has 0 aliphatic carbocycles. The minimum Gasteiger partial charge on any atom is -0.497 e. The van der Waals surface area contributed by atoms with Gasteiger partial charge in [0.05, 0.1) is 66.3 Å². The summed E-state index contributed by atoms with van der Waals surface area (Å²) in [5.41, 5.74) is 0.792. The lowest BCUT2D eigenvalue weighted by Gasteiger charge is -2.26. The molecular weight excluding hydrogens is 658 g/mol. The number of ether oxygens (including phenoxy) is 4. The van der Waals surface area contributed by atoms with Gasteiger partial charge in [-0.15, -0.1) is 0 Å². The average molecular weight is 685 g/mol. The number of rotatable bonds is 9. The van der Waals surface area contributed by atoms with E-state index >= 15 is 0 Å². The first-order valence-electron chi connectivity index (χ1n) is 13.2. The van der Waals surface area contributed by atoms with E-state index in [0.29, 0.717) is 43.5 Å². The quantitative estimate of drug-likeness (QED) is 0.139. The molecule has 2 aromatic carbocycles. The highest BCUT2D eigenvalue weighted by Gasteiger charge is 2.35. The second-order valence-electron chi connectivity index (χ2n) is 9.37. The highest BCUT2D eigenvalue weighted by molar-refractivity contribution is 9.10. The van der Waals surface area contributed by atoms with Crippen molar-refractivity contribution in [3.8, 4) is 28.6 Å². The van der Waals surface area contributed by atoms with Crippen molar-refractivity contribution in [2.24, 2.45) is 4.99 Å². The zero-order valence-corrected chi connectivity index (χ0v) is 26.6. The molecule has 0 radical (unpaired) electrons. The fraction of sp³-hybridized carbons (Fsp3) is 0.233. The number of furan rings is 1. The number of nitrogens with zero attached hydrogens (tertiary/aromatic N) is 3. The van der Waals surface area contributed by atoms with Crippen LogP contribution in [0.4, 0.5) is 5.69 Å². The number of carbonyl (C=O) groups excluding carboxylic acids is 1. The van der Waals surface area contributed by atoms with Crippen LogP contribution >= 0.6 is 27.3 Å². The molecule has 3 heterocycles. The van der Waals surface area contributed by atoms with E-state index in [4.69, 9.17) is 23.4 Å². The largest absolute Gasteiger partial charge is 0.497 e. The van der Waals surface area contributed by atoms with E-state index < -0.39 is 22.5 Å². The Labute approximate surface area is 262 Å². The number of thiazole rings is 1. The highest BCUT2D eigenvalue weighted by atomic mass is 79.9. The van der Waals surface area contributed by atoms with Gasteiger partial charge in [0.15, 0.2) is 16.3 Å². The van der Waals surface area contributed by atoms with Crippen molar-refractivity contribution >= 4 is 45.0 Å². The summed E-state index contributed by atoms with van der Waals surface area (Å²) in [6.45, 7) is 3.52. The van der Waals surface area contributed by atoms with Crippen LogP contribution in [0.2, 0.25) is 0 Å². The van der Waals surface area contributed by atoms with Crippen LogP contribution in [-0.4, -0.2) is 43.4 Å². The molecule has 44 heavy (non-hydrogen) atoms. The number of halogens is 1. The number of methoxy groups -OCH3 is 3. The van der Waals surface area contributed by atoms with Gasteiger partial charge in [0, 0.05) is 10.5 Å². The van der Waals surface area contributed by atoms with E-state index in [1.807, 2.05) is 0 Å². The van der Waals surface area contributed by atoms with E-state index in [0.717, 1.165) is 11.3 Å². The van der Waals surface area contributed by atoms with Gasteiger partial charge in [0.2, 0.25) is 0 Å². The molecule has 228 valence electrons. The van der Waals surface area contributed by atoms with Gasteiger partial charge in [0.25, 0.3) is 11.2 Å². The zero-order chi connectivity index (χ0) is 31.7. The molecule has 0 fully saturated rings. The standard InChI is InChI=1S/C30H26BrN3O9S/c1-6-42-29(36)26-15(2)32-30-33(27(26)19-13-23(40-4)24(41-5)14-20(19)31)28(35)25(44-30)12-17-8-10-22(43-17)18-9-7-16(39-3)11-21(18)34(37)38/h7-14,27H,6H2,1-5H3/b25-12-/t27-/m0/s1. The molecule has 14 heteroatoms. The van der Waals surface area contributed by atoms with Crippen LogP contribution in [-0.2, 0) is 9.53 Å². The molecule has 1 aliphatic heterocycles. The number of aromatic nitrogens is 1. The SMILES string of the molecule is CCOC(=O)C1=C(C)N=c2s/c(=C\c3ccc(-c4ccc(OC)cc4[N+](=O)[O-])o3)c(=O)n2[C@H]1c1cc(OC)c(OC)cc1Br. The van der Waals surface area contributed by atoms with Gasteiger partial charge >= 0.3 is 5.97 Å². The maximum absolute atomic E-state index is 14.0. The minimum absolute atomic E-state index is 0.132. The maximum atomic E-state index is 14.0. The lowest BCUT2D eigenvalue weighted by atomic mass is 9.95. The van der Waals surface area contributed by atoms with Gasteiger partial charge in [-0.3, -0.25) is 19.5 Å². The molecule has 0 bridgehead atoms. The number of fused-ring (bicyclic) bond motifs is 1.